The van der Waals surface area contributed by atoms with E-state index in [1.165, 1.54) is 0 Å². The molecule has 2 atom stereocenters. The summed E-state index contributed by atoms with van der Waals surface area (Å²) >= 11 is 0. The minimum absolute atomic E-state index is 0.135. The summed E-state index contributed by atoms with van der Waals surface area (Å²) in [4.78, 5) is 2.29. The van der Waals surface area contributed by atoms with Gasteiger partial charge in [-0.05, 0) is 20.3 Å². The zero-order chi connectivity index (χ0) is 9.19. The van der Waals surface area contributed by atoms with Crippen molar-refractivity contribution in [2.45, 2.75) is 26.3 Å². The van der Waals surface area contributed by atoms with Gasteiger partial charge >= 0.3 is 0 Å². The van der Waals surface area contributed by atoms with Gasteiger partial charge in [0.05, 0.1) is 11.5 Å². The summed E-state index contributed by atoms with van der Waals surface area (Å²) in [7, 11) is 0. The molecule has 1 saturated heterocycles. The lowest BCUT2D eigenvalue weighted by Crippen LogP contribution is -2.37. The van der Waals surface area contributed by atoms with Crippen LogP contribution in [0.25, 0.3) is 0 Å². The standard InChI is InChI=1S/C9H17N3/c1-8(5-10)12-4-3-9(2,6-11)7-12/h8H,3-5,7,10H2,1-2H3. The highest BCUT2D eigenvalue weighted by Crippen LogP contribution is 2.29. The quantitative estimate of drug-likeness (QED) is 0.654. The van der Waals surface area contributed by atoms with E-state index in [2.05, 4.69) is 17.9 Å². The SMILES string of the molecule is CC(CN)N1CCC(C)(C#N)C1. The molecule has 1 aliphatic rings. The van der Waals surface area contributed by atoms with Crippen LogP contribution in [0.2, 0.25) is 0 Å². The maximum absolute atomic E-state index is 8.89. The van der Waals surface area contributed by atoms with Gasteiger partial charge in [-0.3, -0.25) is 4.90 Å². The molecule has 0 bridgehead atoms. The molecule has 3 nitrogen and oxygen atoms in total. The van der Waals surface area contributed by atoms with E-state index >= 15 is 0 Å². The third-order valence-electron chi connectivity index (χ3n) is 2.74. The molecule has 0 aromatic rings. The molecule has 1 rings (SSSR count). The highest BCUT2D eigenvalue weighted by molar-refractivity contribution is 5.02. The van der Waals surface area contributed by atoms with E-state index in [0.29, 0.717) is 12.6 Å². The lowest BCUT2D eigenvalue weighted by molar-refractivity contribution is 0.245. The second-order valence-electron chi connectivity index (χ2n) is 3.98. The predicted octanol–water partition coefficient (Wildman–Crippen LogP) is 0.569. The minimum Gasteiger partial charge on any atom is -0.329 e. The molecule has 0 aromatic carbocycles. The summed E-state index contributed by atoms with van der Waals surface area (Å²) in [6.07, 6.45) is 0.980. The van der Waals surface area contributed by atoms with Crippen molar-refractivity contribution >= 4 is 0 Å². The van der Waals surface area contributed by atoms with Crippen molar-refractivity contribution in [1.29, 1.82) is 5.26 Å². The fraction of sp³-hybridized carbons (Fsp3) is 0.889. The molecule has 2 unspecified atom stereocenters. The van der Waals surface area contributed by atoms with E-state index in [4.69, 9.17) is 11.0 Å². The first kappa shape index (κ1) is 9.50. The van der Waals surface area contributed by atoms with Crippen molar-refractivity contribution < 1.29 is 0 Å². The van der Waals surface area contributed by atoms with Crippen molar-refractivity contribution in [3.8, 4) is 6.07 Å². The van der Waals surface area contributed by atoms with Gasteiger partial charge in [0.15, 0.2) is 0 Å². The average Bonchev–Trinajstić information content (AvgIpc) is 2.48. The van der Waals surface area contributed by atoms with Crippen LogP contribution in [0.5, 0.6) is 0 Å². The topological polar surface area (TPSA) is 53.0 Å². The molecule has 1 heterocycles. The molecule has 1 aliphatic heterocycles. The molecule has 0 radical (unpaired) electrons. The maximum Gasteiger partial charge on any atom is 0.0700 e. The van der Waals surface area contributed by atoms with Crippen molar-refractivity contribution in [1.82, 2.24) is 4.90 Å². The molecule has 0 amide bonds. The van der Waals surface area contributed by atoms with Crippen LogP contribution in [0.4, 0.5) is 0 Å². The summed E-state index contributed by atoms with van der Waals surface area (Å²) in [5, 5.41) is 8.89. The Hall–Kier alpha value is -0.590. The van der Waals surface area contributed by atoms with Crippen LogP contribution in [0.3, 0.4) is 0 Å². The average molecular weight is 167 g/mol. The molecule has 2 N–H and O–H groups in total. The molecular weight excluding hydrogens is 150 g/mol. The molecule has 68 valence electrons. The smallest absolute Gasteiger partial charge is 0.0700 e. The van der Waals surface area contributed by atoms with E-state index in [1.807, 2.05) is 6.92 Å². The van der Waals surface area contributed by atoms with Crippen LogP contribution in [0, 0.1) is 16.7 Å². The van der Waals surface area contributed by atoms with Gasteiger partial charge in [-0.2, -0.15) is 5.26 Å². The lowest BCUT2D eigenvalue weighted by Gasteiger charge is -2.23. The van der Waals surface area contributed by atoms with Gasteiger partial charge < -0.3 is 5.73 Å². The Morgan fingerprint density at radius 1 is 1.75 bits per heavy atom. The van der Waals surface area contributed by atoms with Crippen molar-refractivity contribution in [2.75, 3.05) is 19.6 Å². The molecule has 3 heteroatoms. The molecule has 0 aliphatic carbocycles. The highest BCUT2D eigenvalue weighted by atomic mass is 15.2. The van der Waals surface area contributed by atoms with Crippen LogP contribution >= 0.6 is 0 Å². The Bertz CT molecular complexity index is 196. The first-order valence-corrected chi connectivity index (χ1v) is 4.47. The predicted molar refractivity (Wildman–Crippen MR) is 48.4 cm³/mol. The Morgan fingerprint density at radius 2 is 2.42 bits per heavy atom. The number of hydrogen-bond acceptors (Lipinski definition) is 3. The van der Waals surface area contributed by atoms with E-state index in [1.54, 1.807) is 0 Å². The number of nitrogens with two attached hydrogens (primary N) is 1. The fourth-order valence-electron chi connectivity index (χ4n) is 1.61. The molecule has 0 spiro atoms. The van der Waals surface area contributed by atoms with Crippen molar-refractivity contribution in [3.63, 3.8) is 0 Å². The minimum atomic E-state index is -0.135. The highest BCUT2D eigenvalue weighted by Gasteiger charge is 2.35. The van der Waals surface area contributed by atoms with E-state index in [9.17, 15) is 0 Å². The number of hydrogen-bond donors (Lipinski definition) is 1. The second kappa shape index (κ2) is 3.42. The first-order valence-electron chi connectivity index (χ1n) is 4.47. The van der Waals surface area contributed by atoms with Crippen LogP contribution in [0.15, 0.2) is 0 Å². The van der Waals surface area contributed by atoms with Crippen molar-refractivity contribution in [3.05, 3.63) is 0 Å². The summed E-state index contributed by atoms with van der Waals surface area (Å²) in [5.74, 6) is 0. The zero-order valence-electron chi connectivity index (χ0n) is 7.88. The number of nitriles is 1. The largest absolute Gasteiger partial charge is 0.329 e. The molecule has 12 heavy (non-hydrogen) atoms. The van der Waals surface area contributed by atoms with Gasteiger partial charge in [0, 0.05) is 25.7 Å². The molecule has 1 fully saturated rings. The van der Waals surface area contributed by atoms with Crippen LogP contribution in [-0.2, 0) is 0 Å². The van der Waals surface area contributed by atoms with Crippen LogP contribution in [0.1, 0.15) is 20.3 Å². The summed E-state index contributed by atoms with van der Waals surface area (Å²) in [5.41, 5.74) is 5.42. The second-order valence-corrected chi connectivity index (χ2v) is 3.98. The Balaban J connectivity index is 2.52. The number of likely N-dealkylation sites (tertiary alicyclic amines) is 1. The Labute approximate surface area is 74.1 Å². The van der Waals surface area contributed by atoms with Crippen LogP contribution in [-0.4, -0.2) is 30.6 Å². The molecule has 0 saturated carbocycles. The summed E-state index contributed by atoms with van der Waals surface area (Å²) in [6.45, 7) is 6.71. The third-order valence-corrected chi connectivity index (χ3v) is 2.74. The monoisotopic (exact) mass is 167 g/mol. The first-order chi connectivity index (χ1) is 5.61. The molecule has 0 aromatic heterocycles. The lowest BCUT2D eigenvalue weighted by atomic mass is 9.92. The molecular formula is C9H17N3. The van der Waals surface area contributed by atoms with Gasteiger partial charge in [0.1, 0.15) is 0 Å². The maximum atomic E-state index is 8.89. The Kier molecular flexibility index (Phi) is 2.71. The fourth-order valence-corrected chi connectivity index (χ4v) is 1.61. The van der Waals surface area contributed by atoms with Gasteiger partial charge in [-0.1, -0.05) is 0 Å². The van der Waals surface area contributed by atoms with Gasteiger partial charge in [0.2, 0.25) is 0 Å². The van der Waals surface area contributed by atoms with E-state index in [-0.39, 0.29) is 5.41 Å². The summed E-state index contributed by atoms with van der Waals surface area (Å²) < 4.78 is 0. The zero-order valence-corrected chi connectivity index (χ0v) is 7.88. The third kappa shape index (κ3) is 1.77. The van der Waals surface area contributed by atoms with E-state index < -0.39 is 0 Å². The summed E-state index contributed by atoms with van der Waals surface area (Å²) in [6, 6.07) is 2.78. The number of nitrogens with zero attached hydrogens (tertiary/aromatic N) is 2. The van der Waals surface area contributed by atoms with Crippen molar-refractivity contribution in [2.24, 2.45) is 11.1 Å². The van der Waals surface area contributed by atoms with E-state index in [0.717, 1.165) is 19.5 Å². The van der Waals surface area contributed by atoms with Gasteiger partial charge in [-0.15, -0.1) is 0 Å². The van der Waals surface area contributed by atoms with Crippen LogP contribution < -0.4 is 5.73 Å². The van der Waals surface area contributed by atoms with Gasteiger partial charge in [0.25, 0.3) is 0 Å². The normalized spacial score (nSPS) is 33.2. The number of rotatable bonds is 2. The Morgan fingerprint density at radius 3 is 2.83 bits per heavy atom. The van der Waals surface area contributed by atoms with Gasteiger partial charge in [-0.25, -0.2) is 0 Å².